The van der Waals surface area contributed by atoms with Gasteiger partial charge in [0.15, 0.2) is 0 Å². The summed E-state index contributed by atoms with van der Waals surface area (Å²) in [6, 6.07) is 5.90. The van der Waals surface area contributed by atoms with E-state index in [1.807, 2.05) is 19.1 Å². The Labute approximate surface area is 90.7 Å². The highest BCUT2D eigenvalue weighted by Gasteiger charge is 2.05. The van der Waals surface area contributed by atoms with Crippen molar-refractivity contribution in [2.24, 2.45) is 5.73 Å². The van der Waals surface area contributed by atoms with Crippen LogP contribution >= 0.6 is 0 Å². The van der Waals surface area contributed by atoms with Gasteiger partial charge >= 0.3 is 0 Å². The van der Waals surface area contributed by atoms with Gasteiger partial charge in [0.05, 0.1) is 0 Å². The first kappa shape index (κ1) is 11.6. The van der Waals surface area contributed by atoms with E-state index in [4.69, 9.17) is 5.73 Å². The van der Waals surface area contributed by atoms with Crippen molar-refractivity contribution in [3.63, 3.8) is 0 Å². The van der Waals surface area contributed by atoms with Crippen molar-refractivity contribution in [2.75, 3.05) is 5.32 Å². The molecule has 1 amide bonds. The Hall–Kier alpha value is -1.51. The van der Waals surface area contributed by atoms with Crippen LogP contribution < -0.4 is 11.1 Å². The molecule has 0 aliphatic heterocycles. The first-order valence-corrected chi connectivity index (χ1v) is 5.21. The van der Waals surface area contributed by atoms with E-state index in [1.165, 1.54) is 0 Å². The maximum absolute atomic E-state index is 10.9. The molecule has 82 valence electrons. The van der Waals surface area contributed by atoms with Gasteiger partial charge in [-0.15, -0.1) is 0 Å². The van der Waals surface area contributed by atoms with Crippen molar-refractivity contribution in [2.45, 2.75) is 33.2 Å². The maximum atomic E-state index is 10.9. The number of carbonyl (C=O) groups excluding carboxylic acids is 1. The van der Waals surface area contributed by atoms with E-state index in [1.54, 1.807) is 6.07 Å². The van der Waals surface area contributed by atoms with Crippen molar-refractivity contribution < 1.29 is 4.79 Å². The molecule has 3 heteroatoms. The molecule has 15 heavy (non-hydrogen) atoms. The van der Waals surface area contributed by atoms with Gasteiger partial charge in [-0.2, -0.15) is 0 Å². The SMILES string of the molecule is CCC(C)Nc1ccc(C(N)=O)cc1C. The summed E-state index contributed by atoms with van der Waals surface area (Å²) in [4.78, 5) is 10.9. The molecule has 1 atom stereocenters. The lowest BCUT2D eigenvalue weighted by Gasteiger charge is -2.15. The van der Waals surface area contributed by atoms with Crippen LogP contribution in [0, 0.1) is 6.92 Å². The number of nitrogens with one attached hydrogen (secondary N) is 1. The van der Waals surface area contributed by atoms with Crippen LogP contribution in [-0.2, 0) is 0 Å². The van der Waals surface area contributed by atoms with Crippen molar-refractivity contribution in [3.8, 4) is 0 Å². The molecule has 1 rings (SSSR count). The second-order valence-electron chi connectivity index (χ2n) is 3.85. The van der Waals surface area contributed by atoms with E-state index in [0.717, 1.165) is 17.7 Å². The Morgan fingerprint density at radius 2 is 2.20 bits per heavy atom. The first-order valence-electron chi connectivity index (χ1n) is 5.21. The van der Waals surface area contributed by atoms with Crippen LogP contribution in [0.15, 0.2) is 18.2 Å². The summed E-state index contributed by atoms with van der Waals surface area (Å²) in [7, 11) is 0. The zero-order valence-corrected chi connectivity index (χ0v) is 9.50. The van der Waals surface area contributed by atoms with Crippen LogP contribution in [0.1, 0.15) is 36.2 Å². The zero-order valence-electron chi connectivity index (χ0n) is 9.50. The van der Waals surface area contributed by atoms with E-state index in [-0.39, 0.29) is 5.91 Å². The quantitative estimate of drug-likeness (QED) is 0.794. The second-order valence-corrected chi connectivity index (χ2v) is 3.85. The minimum atomic E-state index is -0.381. The molecule has 0 bridgehead atoms. The Balaban J connectivity index is 2.88. The monoisotopic (exact) mass is 206 g/mol. The van der Waals surface area contributed by atoms with Crippen molar-refractivity contribution in [1.82, 2.24) is 0 Å². The Bertz CT molecular complexity index is 361. The third-order valence-electron chi connectivity index (χ3n) is 2.53. The van der Waals surface area contributed by atoms with Crippen LogP contribution in [0.5, 0.6) is 0 Å². The molecule has 3 N–H and O–H groups in total. The molecule has 1 aromatic carbocycles. The molecule has 0 radical (unpaired) electrons. The normalized spacial score (nSPS) is 12.2. The Morgan fingerprint density at radius 3 is 2.67 bits per heavy atom. The van der Waals surface area contributed by atoms with Crippen LogP contribution in [0.4, 0.5) is 5.69 Å². The fourth-order valence-electron chi connectivity index (χ4n) is 1.35. The zero-order chi connectivity index (χ0) is 11.4. The number of rotatable bonds is 4. The minimum Gasteiger partial charge on any atom is -0.382 e. The van der Waals surface area contributed by atoms with E-state index >= 15 is 0 Å². The van der Waals surface area contributed by atoms with E-state index in [9.17, 15) is 4.79 Å². The van der Waals surface area contributed by atoms with Gasteiger partial charge in [-0.1, -0.05) is 6.92 Å². The third-order valence-corrected chi connectivity index (χ3v) is 2.53. The van der Waals surface area contributed by atoms with Crippen LogP contribution in [0.25, 0.3) is 0 Å². The van der Waals surface area contributed by atoms with Gasteiger partial charge in [0.1, 0.15) is 0 Å². The summed E-state index contributed by atoms with van der Waals surface area (Å²) < 4.78 is 0. The number of nitrogens with two attached hydrogens (primary N) is 1. The van der Waals surface area contributed by atoms with Gasteiger partial charge < -0.3 is 11.1 Å². The maximum Gasteiger partial charge on any atom is 0.248 e. The number of benzene rings is 1. The highest BCUT2D eigenvalue weighted by atomic mass is 16.1. The van der Waals surface area contributed by atoms with E-state index < -0.39 is 0 Å². The number of hydrogen-bond acceptors (Lipinski definition) is 2. The summed E-state index contributed by atoms with van der Waals surface area (Å²) in [5.41, 5.74) is 7.87. The summed E-state index contributed by atoms with van der Waals surface area (Å²) in [6.07, 6.45) is 1.07. The molecule has 0 saturated carbocycles. The molecule has 0 heterocycles. The summed E-state index contributed by atoms with van der Waals surface area (Å²) in [5.74, 6) is -0.381. The van der Waals surface area contributed by atoms with Crippen molar-refractivity contribution in [1.29, 1.82) is 0 Å². The fraction of sp³-hybridized carbons (Fsp3) is 0.417. The van der Waals surface area contributed by atoms with Gasteiger partial charge in [-0.3, -0.25) is 4.79 Å². The number of aryl methyl sites for hydroxylation is 1. The van der Waals surface area contributed by atoms with Gasteiger partial charge in [0, 0.05) is 17.3 Å². The lowest BCUT2D eigenvalue weighted by atomic mass is 10.1. The Kier molecular flexibility index (Phi) is 3.72. The highest BCUT2D eigenvalue weighted by Crippen LogP contribution is 2.17. The molecule has 0 aliphatic carbocycles. The average molecular weight is 206 g/mol. The second kappa shape index (κ2) is 4.82. The van der Waals surface area contributed by atoms with Gasteiger partial charge in [0.2, 0.25) is 5.91 Å². The number of anilines is 1. The Morgan fingerprint density at radius 1 is 1.53 bits per heavy atom. The standard InChI is InChI=1S/C12H18N2O/c1-4-9(3)14-11-6-5-10(12(13)15)7-8(11)2/h5-7,9,14H,4H2,1-3H3,(H2,13,15). The molecular weight excluding hydrogens is 188 g/mol. The molecule has 1 unspecified atom stereocenters. The lowest BCUT2D eigenvalue weighted by Crippen LogP contribution is -2.15. The largest absolute Gasteiger partial charge is 0.382 e. The van der Waals surface area contributed by atoms with Gasteiger partial charge in [-0.25, -0.2) is 0 Å². The van der Waals surface area contributed by atoms with Crippen LogP contribution in [0.3, 0.4) is 0 Å². The highest BCUT2D eigenvalue weighted by molar-refractivity contribution is 5.93. The van der Waals surface area contributed by atoms with Gasteiger partial charge in [-0.05, 0) is 44.0 Å². The van der Waals surface area contributed by atoms with Crippen LogP contribution in [-0.4, -0.2) is 11.9 Å². The molecular formula is C12H18N2O. The molecule has 1 aromatic rings. The molecule has 0 aliphatic rings. The van der Waals surface area contributed by atoms with Crippen molar-refractivity contribution >= 4 is 11.6 Å². The first-order chi connectivity index (χ1) is 7.04. The van der Waals surface area contributed by atoms with Crippen molar-refractivity contribution in [3.05, 3.63) is 29.3 Å². The molecule has 0 fully saturated rings. The van der Waals surface area contributed by atoms with E-state index in [2.05, 4.69) is 19.2 Å². The van der Waals surface area contributed by atoms with Gasteiger partial charge in [0.25, 0.3) is 0 Å². The summed E-state index contributed by atoms with van der Waals surface area (Å²) in [6.45, 7) is 6.23. The molecule has 0 spiro atoms. The number of hydrogen-bond donors (Lipinski definition) is 2. The predicted octanol–water partition coefficient (Wildman–Crippen LogP) is 2.30. The van der Waals surface area contributed by atoms with E-state index in [0.29, 0.717) is 11.6 Å². The van der Waals surface area contributed by atoms with Crippen LogP contribution in [0.2, 0.25) is 0 Å². The molecule has 3 nitrogen and oxygen atoms in total. The number of carbonyl (C=O) groups is 1. The predicted molar refractivity (Wildman–Crippen MR) is 63.1 cm³/mol. The fourth-order valence-corrected chi connectivity index (χ4v) is 1.35. The topological polar surface area (TPSA) is 55.1 Å². The lowest BCUT2D eigenvalue weighted by molar-refractivity contribution is 0.100. The number of primary amides is 1. The summed E-state index contributed by atoms with van der Waals surface area (Å²) >= 11 is 0. The smallest absolute Gasteiger partial charge is 0.248 e. The summed E-state index contributed by atoms with van der Waals surface area (Å²) in [5, 5.41) is 3.37. The average Bonchev–Trinajstić information content (AvgIpc) is 2.20. The molecule has 0 saturated heterocycles. The minimum absolute atomic E-state index is 0.381. The number of amides is 1. The molecule has 0 aromatic heterocycles. The third kappa shape index (κ3) is 2.98.